The molecule has 0 saturated carbocycles. The molecule has 1 aliphatic heterocycles. The molecule has 1 aromatic heterocycles. The van der Waals surface area contributed by atoms with Crippen LogP contribution in [0.3, 0.4) is 0 Å². The van der Waals surface area contributed by atoms with Gasteiger partial charge in [0.15, 0.2) is 0 Å². The van der Waals surface area contributed by atoms with Gasteiger partial charge in [-0.05, 0) is 43.7 Å². The lowest BCUT2D eigenvalue weighted by atomic mass is 9.95. The van der Waals surface area contributed by atoms with E-state index in [2.05, 4.69) is 23.4 Å². The fourth-order valence-corrected chi connectivity index (χ4v) is 3.11. The third kappa shape index (κ3) is 1.17. The van der Waals surface area contributed by atoms with Gasteiger partial charge in [0.1, 0.15) is 0 Å². The van der Waals surface area contributed by atoms with Gasteiger partial charge in [-0.2, -0.15) is 0 Å². The highest BCUT2D eigenvalue weighted by Crippen LogP contribution is 2.33. The highest BCUT2D eigenvalue weighted by atomic mass is 15.1. The van der Waals surface area contributed by atoms with Crippen molar-refractivity contribution in [1.29, 1.82) is 0 Å². The molecule has 0 saturated heterocycles. The predicted octanol–water partition coefficient (Wildman–Crippen LogP) is 2.25. The maximum atomic E-state index is 4.13. The lowest BCUT2D eigenvalue weighted by molar-refractivity contribution is 0.572. The van der Waals surface area contributed by atoms with Gasteiger partial charge in [0.2, 0.25) is 0 Å². The number of aromatic nitrogens is 1. The molecule has 2 heterocycles. The molecule has 0 aromatic carbocycles. The van der Waals surface area contributed by atoms with Crippen molar-refractivity contribution in [2.24, 2.45) is 0 Å². The van der Waals surface area contributed by atoms with Crippen molar-refractivity contribution in [3.63, 3.8) is 0 Å². The maximum absolute atomic E-state index is 4.13. The van der Waals surface area contributed by atoms with Crippen molar-refractivity contribution < 1.29 is 0 Å². The molecule has 1 aliphatic carbocycles. The molecule has 15 heavy (non-hydrogen) atoms. The maximum Gasteiger partial charge on any atom is 0.0671 e. The Balaban J connectivity index is 2.23. The number of nitrogens with one attached hydrogen (secondary N) is 1. The molecule has 2 heteroatoms. The zero-order chi connectivity index (χ0) is 10.4. The third-order valence-corrected chi connectivity index (χ3v) is 3.80. The molecule has 0 radical (unpaired) electrons. The van der Waals surface area contributed by atoms with E-state index in [4.69, 9.17) is 0 Å². The fourth-order valence-electron chi connectivity index (χ4n) is 3.11. The van der Waals surface area contributed by atoms with Crippen LogP contribution in [0.15, 0.2) is 6.58 Å². The molecule has 0 unspecified atom stereocenters. The van der Waals surface area contributed by atoms with Crippen LogP contribution in [-0.4, -0.2) is 11.1 Å². The Kier molecular flexibility index (Phi) is 1.91. The van der Waals surface area contributed by atoms with E-state index in [0.717, 1.165) is 18.8 Å². The molecular weight excluding hydrogens is 184 g/mol. The van der Waals surface area contributed by atoms with Crippen LogP contribution in [0.2, 0.25) is 0 Å². The van der Waals surface area contributed by atoms with Gasteiger partial charge in [-0.1, -0.05) is 6.58 Å². The number of fused-ring (bicyclic) bond motifs is 3. The van der Waals surface area contributed by atoms with E-state index in [1.54, 1.807) is 11.3 Å². The van der Waals surface area contributed by atoms with Crippen LogP contribution < -0.4 is 5.32 Å². The molecule has 0 atom stereocenters. The van der Waals surface area contributed by atoms with Gasteiger partial charge in [0, 0.05) is 18.8 Å². The molecule has 0 fully saturated rings. The SMILES string of the molecule is C=C1NCCn2c3c(c(C)c21)CCCC3. The summed E-state index contributed by atoms with van der Waals surface area (Å²) in [5.74, 6) is 0. The fraction of sp³-hybridized carbons (Fsp3) is 0.538. The summed E-state index contributed by atoms with van der Waals surface area (Å²) in [4.78, 5) is 0. The molecule has 0 amide bonds. The molecule has 0 bridgehead atoms. The van der Waals surface area contributed by atoms with E-state index in [0.29, 0.717) is 0 Å². The van der Waals surface area contributed by atoms with Crippen LogP contribution in [0.25, 0.3) is 5.70 Å². The number of rotatable bonds is 0. The Labute approximate surface area is 91.0 Å². The van der Waals surface area contributed by atoms with Gasteiger partial charge in [-0.25, -0.2) is 0 Å². The van der Waals surface area contributed by atoms with Gasteiger partial charge in [0.05, 0.1) is 11.4 Å². The van der Waals surface area contributed by atoms with E-state index in [1.807, 2.05) is 0 Å². The molecular formula is C13H18N2. The first-order chi connectivity index (χ1) is 7.29. The van der Waals surface area contributed by atoms with Crippen LogP contribution in [0.5, 0.6) is 0 Å². The van der Waals surface area contributed by atoms with Crippen molar-refractivity contribution in [3.8, 4) is 0 Å². The summed E-state index contributed by atoms with van der Waals surface area (Å²) >= 11 is 0. The van der Waals surface area contributed by atoms with E-state index in [9.17, 15) is 0 Å². The second-order valence-electron chi connectivity index (χ2n) is 4.66. The average molecular weight is 202 g/mol. The molecule has 3 rings (SSSR count). The van der Waals surface area contributed by atoms with Crippen LogP contribution in [0, 0.1) is 6.92 Å². The Morgan fingerprint density at radius 3 is 2.93 bits per heavy atom. The smallest absolute Gasteiger partial charge is 0.0671 e. The van der Waals surface area contributed by atoms with Gasteiger partial charge < -0.3 is 9.88 Å². The first kappa shape index (κ1) is 9.08. The first-order valence-electron chi connectivity index (χ1n) is 5.93. The third-order valence-electron chi connectivity index (χ3n) is 3.80. The summed E-state index contributed by atoms with van der Waals surface area (Å²) in [6.45, 7) is 8.54. The van der Waals surface area contributed by atoms with Crippen LogP contribution >= 0.6 is 0 Å². The molecule has 2 nitrogen and oxygen atoms in total. The lowest BCUT2D eigenvalue weighted by Crippen LogP contribution is -2.27. The molecule has 1 aromatic rings. The van der Waals surface area contributed by atoms with Crippen molar-refractivity contribution in [2.75, 3.05) is 6.54 Å². The van der Waals surface area contributed by atoms with E-state index in [-0.39, 0.29) is 0 Å². The van der Waals surface area contributed by atoms with Gasteiger partial charge in [0.25, 0.3) is 0 Å². The normalized spacial score (nSPS) is 19.4. The minimum absolute atomic E-state index is 1.03. The monoisotopic (exact) mass is 202 g/mol. The molecule has 0 spiro atoms. The van der Waals surface area contributed by atoms with Gasteiger partial charge in [-0.3, -0.25) is 0 Å². The summed E-state index contributed by atoms with van der Waals surface area (Å²) in [5.41, 5.74) is 7.17. The molecule has 2 aliphatic rings. The topological polar surface area (TPSA) is 17.0 Å². The number of hydrogen-bond acceptors (Lipinski definition) is 1. The van der Waals surface area contributed by atoms with Crippen molar-refractivity contribution >= 4 is 5.70 Å². The standard InChI is InChI=1S/C13H18N2/c1-9-11-5-3-4-6-12(11)15-8-7-14-10(2)13(9)15/h14H,2-8H2,1H3. The van der Waals surface area contributed by atoms with Crippen molar-refractivity contribution in [3.05, 3.63) is 29.1 Å². The van der Waals surface area contributed by atoms with Crippen LogP contribution in [0.1, 0.15) is 35.4 Å². The lowest BCUT2D eigenvalue weighted by Gasteiger charge is -2.23. The second-order valence-corrected chi connectivity index (χ2v) is 4.66. The summed E-state index contributed by atoms with van der Waals surface area (Å²) in [7, 11) is 0. The van der Waals surface area contributed by atoms with E-state index < -0.39 is 0 Å². The summed E-state index contributed by atoms with van der Waals surface area (Å²) in [6, 6.07) is 0. The quantitative estimate of drug-likeness (QED) is 0.683. The van der Waals surface area contributed by atoms with Gasteiger partial charge in [-0.15, -0.1) is 0 Å². The van der Waals surface area contributed by atoms with E-state index >= 15 is 0 Å². The minimum atomic E-state index is 1.03. The highest BCUT2D eigenvalue weighted by Gasteiger charge is 2.25. The van der Waals surface area contributed by atoms with Gasteiger partial charge >= 0.3 is 0 Å². The van der Waals surface area contributed by atoms with E-state index in [1.165, 1.54) is 36.9 Å². The Hall–Kier alpha value is -1.18. The summed E-state index contributed by atoms with van der Waals surface area (Å²) in [6.07, 6.45) is 5.25. The van der Waals surface area contributed by atoms with Crippen LogP contribution in [-0.2, 0) is 19.4 Å². The highest BCUT2D eigenvalue weighted by molar-refractivity contribution is 5.66. The van der Waals surface area contributed by atoms with Crippen molar-refractivity contribution in [1.82, 2.24) is 9.88 Å². The zero-order valence-electron chi connectivity index (χ0n) is 9.40. The van der Waals surface area contributed by atoms with Crippen molar-refractivity contribution in [2.45, 2.75) is 39.2 Å². The molecule has 1 N–H and O–H groups in total. The summed E-state index contributed by atoms with van der Waals surface area (Å²) in [5, 5.41) is 3.37. The largest absolute Gasteiger partial charge is 0.382 e. The Bertz CT molecular complexity index is 426. The first-order valence-corrected chi connectivity index (χ1v) is 5.93. The number of nitrogens with zero attached hydrogens (tertiary/aromatic N) is 1. The molecule has 80 valence electrons. The van der Waals surface area contributed by atoms with Crippen LogP contribution in [0.4, 0.5) is 0 Å². The average Bonchev–Trinajstić information content (AvgIpc) is 2.55. The number of hydrogen-bond donors (Lipinski definition) is 1. The predicted molar refractivity (Wildman–Crippen MR) is 62.8 cm³/mol. The minimum Gasteiger partial charge on any atom is -0.382 e. The zero-order valence-corrected chi connectivity index (χ0v) is 9.40. The summed E-state index contributed by atoms with van der Waals surface area (Å²) < 4.78 is 2.50. The Morgan fingerprint density at radius 1 is 1.27 bits per heavy atom. The second kappa shape index (κ2) is 3.16. The Morgan fingerprint density at radius 2 is 2.07 bits per heavy atom.